The average Bonchev–Trinajstić information content (AvgIpc) is 3.26. The van der Waals surface area contributed by atoms with Crippen LogP contribution >= 0.6 is 11.3 Å². The van der Waals surface area contributed by atoms with Gasteiger partial charge in [0.25, 0.3) is 5.91 Å². The van der Waals surface area contributed by atoms with E-state index in [9.17, 15) is 9.59 Å². The maximum absolute atomic E-state index is 12.8. The van der Waals surface area contributed by atoms with Gasteiger partial charge >= 0.3 is 5.97 Å². The van der Waals surface area contributed by atoms with Gasteiger partial charge < -0.3 is 9.47 Å². The van der Waals surface area contributed by atoms with Gasteiger partial charge in [-0.05, 0) is 24.6 Å². The molecule has 0 bridgehead atoms. The van der Waals surface area contributed by atoms with E-state index in [1.165, 1.54) is 12.0 Å². The fourth-order valence-electron chi connectivity index (χ4n) is 3.22. The summed E-state index contributed by atoms with van der Waals surface area (Å²) in [6.07, 6.45) is -0.0912. The summed E-state index contributed by atoms with van der Waals surface area (Å²) < 4.78 is 10.6. The molecule has 1 aliphatic heterocycles. The third-order valence-corrected chi connectivity index (χ3v) is 5.66. The van der Waals surface area contributed by atoms with E-state index in [1.807, 2.05) is 60.8 Å². The molecule has 0 saturated carbocycles. The first-order chi connectivity index (χ1) is 14.1. The number of thiazole rings is 1. The van der Waals surface area contributed by atoms with E-state index < -0.39 is 12.1 Å². The summed E-state index contributed by atoms with van der Waals surface area (Å²) in [5.74, 6) is -0.153. The Morgan fingerprint density at radius 3 is 2.72 bits per heavy atom. The molecule has 0 aliphatic carbocycles. The van der Waals surface area contributed by atoms with Crippen LogP contribution in [0.3, 0.4) is 0 Å². The average molecular weight is 408 g/mol. The number of nitrogens with zero attached hydrogens (tertiary/aromatic N) is 2. The molecule has 1 atom stereocenters. The molecular formula is C22H20N2O4S. The van der Waals surface area contributed by atoms with Gasteiger partial charge in [-0.25, -0.2) is 4.98 Å². The first-order valence-corrected chi connectivity index (χ1v) is 10.2. The van der Waals surface area contributed by atoms with Crippen molar-refractivity contribution < 1.29 is 19.1 Å². The summed E-state index contributed by atoms with van der Waals surface area (Å²) in [6, 6.07) is 15.5. The molecule has 2 heterocycles. The molecule has 6 nitrogen and oxygen atoms in total. The van der Waals surface area contributed by atoms with Crippen LogP contribution in [0.4, 0.5) is 5.69 Å². The molecule has 2 aromatic carbocycles. The number of aromatic nitrogens is 1. The summed E-state index contributed by atoms with van der Waals surface area (Å²) >= 11 is 1.56. The van der Waals surface area contributed by atoms with Crippen molar-refractivity contribution in [2.45, 2.75) is 19.4 Å². The van der Waals surface area contributed by atoms with Crippen LogP contribution in [0.15, 0.2) is 53.9 Å². The predicted molar refractivity (Wildman–Crippen MR) is 112 cm³/mol. The highest BCUT2D eigenvalue weighted by Gasteiger charge is 2.35. The number of methoxy groups -OCH3 is 1. The monoisotopic (exact) mass is 408 g/mol. The maximum atomic E-state index is 12.8. The number of benzene rings is 2. The van der Waals surface area contributed by atoms with Crippen LogP contribution in [0, 0.1) is 0 Å². The minimum Gasteiger partial charge on any atom is -0.478 e. The highest BCUT2D eigenvalue weighted by molar-refractivity contribution is 7.13. The Balaban J connectivity index is 1.71. The fourth-order valence-corrected chi connectivity index (χ4v) is 4.05. The van der Waals surface area contributed by atoms with Crippen molar-refractivity contribution in [3.8, 4) is 27.6 Å². The molecule has 0 radical (unpaired) electrons. The smallest absolute Gasteiger partial charge is 0.325 e. The van der Waals surface area contributed by atoms with Crippen LogP contribution in [0.2, 0.25) is 0 Å². The Kier molecular flexibility index (Phi) is 5.31. The highest BCUT2D eigenvalue weighted by Crippen LogP contribution is 2.39. The maximum Gasteiger partial charge on any atom is 0.325 e. The lowest BCUT2D eigenvalue weighted by Crippen LogP contribution is -2.47. The van der Waals surface area contributed by atoms with Gasteiger partial charge in [0, 0.05) is 16.5 Å². The van der Waals surface area contributed by atoms with Gasteiger partial charge in [0.2, 0.25) is 0 Å². The molecule has 0 saturated heterocycles. The molecule has 1 aliphatic rings. The molecule has 3 aromatic rings. The number of ether oxygens (including phenoxy) is 2. The second-order valence-corrected chi connectivity index (χ2v) is 7.46. The number of hydrogen-bond acceptors (Lipinski definition) is 6. The summed E-state index contributed by atoms with van der Waals surface area (Å²) in [4.78, 5) is 30.8. The lowest BCUT2D eigenvalue weighted by atomic mass is 10.1. The lowest BCUT2D eigenvalue weighted by molar-refractivity contribution is -0.140. The van der Waals surface area contributed by atoms with E-state index in [4.69, 9.17) is 14.5 Å². The molecule has 1 unspecified atom stereocenters. The van der Waals surface area contributed by atoms with Crippen molar-refractivity contribution in [1.82, 2.24) is 4.98 Å². The zero-order valence-electron chi connectivity index (χ0n) is 16.1. The van der Waals surface area contributed by atoms with Crippen molar-refractivity contribution in [2.75, 3.05) is 18.6 Å². The number of esters is 1. The van der Waals surface area contributed by atoms with Crippen molar-refractivity contribution in [3.63, 3.8) is 0 Å². The van der Waals surface area contributed by atoms with Gasteiger partial charge in [0.15, 0.2) is 6.10 Å². The molecule has 7 heteroatoms. The van der Waals surface area contributed by atoms with E-state index in [1.54, 1.807) is 11.3 Å². The highest BCUT2D eigenvalue weighted by atomic mass is 32.1. The number of fused-ring (bicyclic) bond motifs is 1. The van der Waals surface area contributed by atoms with Crippen LogP contribution in [0.25, 0.3) is 21.8 Å². The topological polar surface area (TPSA) is 68.7 Å². The van der Waals surface area contributed by atoms with Crippen LogP contribution in [0.5, 0.6) is 5.75 Å². The largest absolute Gasteiger partial charge is 0.478 e. The Morgan fingerprint density at radius 1 is 1.21 bits per heavy atom. The second kappa shape index (κ2) is 8.05. The molecule has 148 valence electrons. The quantitative estimate of drug-likeness (QED) is 0.593. The van der Waals surface area contributed by atoms with Gasteiger partial charge in [-0.2, -0.15) is 0 Å². The minimum atomic E-state index is -0.609. The summed E-state index contributed by atoms with van der Waals surface area (Å²) in [5.41, 5.74) is 3.26. The van der Waals surface area contributed by atoms with Crippen molar-refractivity contribution in [3.05, 3.63) is 53.9 Å². The third kappa shape index (κ3) is 3.73. The van der Waals surface area contributed by atoms with Crippen LogP contribution in [-0.2, 0) is 14.3 Å². The third-order valence-electron chi connectivity index (χ3n) is 4.77. The van der Waals surface area contributed by atoms with Crippen LogP contribution in [0.1, 0.15) is 13.3 Å². The molecule has 0 fully saturated rings. The zero-order chi connectivity index (χ0) is 20.4. The number of amides is 1. The number of carbonyl (C=O) groups excluding carboxylic acids is 2. The van der Waals surface area contributed by atoms with Gasteiger partial charge in [-0.1, -0.05) is 37.3 Å². The van der Waals surface area contributed by atoms with Gasteiger partial charge in [0.05, 0.1) is 18.5 Å². The van der Waals surface area contributed by atoms with E-state index in [-0.39, 0.29) is 12.5 Å². The van der Waals surface area contributed by atoms with E-state index >= 15 is 0 Å². The Morgan fingerprint density at radius 2 is 2.00 bits per heavy atom. The van der Waals surface area contributed by atoms with Crippen molar-refractivity contribution in [2.24, 2.45) is 0 Å². The minimum absolute atomic E-state index is 0.155. The Hall–Kier alpha value is -3.19. The predicted octanol–water partition coefficient (Wildman–Crippen LogP) is 4.15. The number of hydrogen-bond donors (Lipinski definition) is 0. The molecule has 0 N–H and O–H groups in total. The SMILES string of the molecule is CCC1Oc2ccc(-c3csc(-c4ccccc4)n3)cc2N(CC(=O)OC)C1=O. The number of anilines is 1. The van der Waals surface area contributed by atoms with Crippen molar-refractivity contribution >= 4 is 28.9 Å². The molecule has 4 rings (SSSR count). The molecule has 1 amide bonds. The van der Waals surface area contributed by atoms with Gasteiger partial charge in [-0.15, -0.1) is 11.3 Å². The van der Waals surface area contributed by atoms with Crippen LogP contribution < -0.4 is 9.64 Å². The normalized spacial score (nSPS) is 15.6. The zero-order valence-corrected chi connectivity index (χ0v) is 16.9. The van der Waals surface area contributed by atoms with E-state index in [2.05, 4.69) is 0 Å². The summed E-state index contributed by atoms with van der Waals surface area (Å²) in [5, 5.41) is 2.90. The molecule has 0 spiro atoms. The Bertz CT molecular complexity index is 1050. The molecule has 29 heavy (non-hydrogen) atoms. The number of rotatable bonds is 5. The van der Waals surface area contributed by atoms with Crippen LogP contribution in [-0.4, -0.2) is 36.6 Å². The molecular weight excluding hydrogens is 388 g/mol. The first kappa shape index (κ1) is 19.1. The molecule has 1 aromatic heterocycles. The van der Waals surface area contributed by atoms with Gasteiger partial charge in [-0.3, -0.25) is 14.5 Å². The lowest BCUT2D eigenvalue weighted by Gasteiger charge is -2.33. The summed E-state index contributed by atoms with van der Waals surface area (Å²) in [7, 11) is 1.31. The van der Waals surface area contributed by atoms with E-state index in [0.717, 1.165) is 21.8 Å². The van der Waals surface area contributed by atoms with Gasteiger partial charge in [0.1, 0.15) is 17.3 Å². The van der Waals surface area contributed by atoms with Crippen molar-refractivity contribution in [1.29, 1.82) is 0 Å². The Labute approximate surface area is 172 Å². The standard InChI is InChI=1S/C22H20N2O4S/c1-3-18-22(26)24(12-20(25)27-2)17-11-15(9-10-19(17)28-18)16-13-29-21(23-16)14-7-5-4-6-8-14/h4-11,13,18H,3,12H2,1-2H3. The second-order valence-electron chi connectivity index (χ2n) is 6.60. The van der Waals surface area contributed by atoms with E-state index in [0.29, 0.717) is 17.9 Å². The first-order valence-electron chi connectivity index (χ1n) is 9.31. The number of carbonyl (C=O) groups is 2. The summed E-state index contributed by atoms with van der Waals surface area (Å²) in [6.45, 7) is 1.72. The fraction of sp³-hybridized carbons (Fsp3) is 0.227.